The monoisotopic (exact) mass is 327 g/mol. The zero-order chi connectivity index (χ0) is 16.7. The van der Waals surface area contributed by atoms with Crippen molar-refractivity contribution >= 4 is 11.7 Å². The van der Waals surface area contributed by atoms with Gasteiger partial charge in [-0.05, 0) is 42.7 Å². The molecule has 6 heteroatoms. The molecule has 1 fully saturated rings. The topological polar surface area (TPSA) is 54.3 Å². The molecule has 5 nitrogen and oxygen atoms in total. The average Bonchev–Trinajstić information content (AvgIpc) is 2.58. The van der Waals surface area contributed by atoms with E-state index in [-0.39, 0.29) is 29.2 Å². The van der Waals surface area contributed by atoms with Gasteiger partial charge in [0.15, 0.2) is 0 Å². The van der Waals surface area contributed by atoms with Gasteiger partial charge in [0.1, 0.15) is 5.82 Å². The Morgan fingerprint density at radius 3 is 2.67 bits per heavy atom. The standard InChI is InChI=1S/C18H18FN3O2/c19-14-4-6-15(7-5-14)20-18(24)21-9-12-8-13(11-21)16-2-1-3-17(23)22(16)10-12/h1-7,12-13H,8-11H2,(H,20,24)/t12?,13-/m1/s1. The van der Waals surface area contributed by atoms with Crippen LogP contribution in [0.4, 0.5) is 14.9 Å². The van der Waals surface area contributed by atoms with E-state index in [1.54, 1.807) is 29.2 Å². The Labute approximate surface area is 138 Å². The second-order valence-electron chi connectivity index (χ2n) is 6.54. The minimum atomic E-state index is -0.331. The highest BCUT2D eigenvalue weighted by molar-refractivity contribution is 5.89. The summed E-state index contributed by atoms with van der Waals surface area (Å²) in [7, 11) is 0. The molecule has 1 aromatic carbocycles. The van der Waals surface area contributed by atoms with Gasteiger partial charge in [0, 0.05) is 43.0 Å². The summed E-state index contributed by atoms with van der Waals surface area (Å²) in [5, 5.41) is 2.82. The molecule has 2 aromatic rings. The van der Waals surface area contributed by atoms with Gasteiger partial charge < -0.3 is 14.8 Å². The van der Waals surface area contributed by atoms with E-state index in [2.05, 4.69) is 5.32 Å². The fraction of sp³-hybridized carbons (Fsp3) is 0.333. The minimum Gasteiger partial charge on any atom is -0.324 e. The molecule has 2 bridgehead atoms. The summed E-state index contributed by atoms with van der Waals surface area (Å²) in [4.78, 5) is 26.3. The SMILES string of the molecule is O=C(Nc1ccc(F)cc1)N1CC2C[C@H](C1)c1cccc(=O)n1C2. The lowest BCUT2D eigenvalue weighted by Gasteiger charge is -2.42. The maximum Gasteiger partial charge on any atom is 0.321 e. The maximum absolute atomic E-state index is 13.0. The predicted octanol–water partition coefficient (Wildman–Crippen LogP) is 2.64. The van der Waals surface area contributed by atoms with Crippen molar-refractivity contribution in [1.29, 1.82) is 0 Å². The van der Waals surface area contributed by atoms with Gasteiger partial charge in [-0.3, -0.25) is 4.79 Å². The van der Waals surface area contributed by atoms with Crippen molar-refractivity contribution in [2.75, 3.05) is 18.4 Å². The number of piperidine rings is 1. The molecule has 2 amide bonds. The largest absolute Gasteiger partial charge is 0.324 e. The van der Waals surface area contributed by atoms with Crippen LogP contribution in [0, 0.1) is 11.7 Å². The van der Waals surface area contributed by atoms with Gasteiger partial charge in [0.25, 0.3) is 5.56 Å². The van der Waals surface area contributed by atoms with Gasteiger partial charge in [0.05, 0.1) is 0 Å². The maximum atomic E-state index is 13.0. The number of nitrogens with one attached hydrogen (secondary N) is 1. The van der Waals surface area contributed by atoms with Crippen LogP contribution in [0.3, 0.4) is 0 Å². The third-order valence-corrected chi connectivity index (χ3v) is 4.86. The molecule has 1 unspecified atom stereocenters. The van der Waals surface area contributed by atoms with Crippen LogP contribution in [0.25, 0.3) is 0 Å². The highest BCUT2D eigenvalue weighted by Gasteiger charge is 2.36. The summed E-state index contributed by atoms with van der Waals surface area (Å²) >= 11 is 0. The number of fused-ring (bicyclic) bond motifs is 4. The molecular weight excluding hydrogens is 309 g/mol. The molecule has 3 heterocycles. The lowest BCUT2D eigenvalue weighted by molar-refractivity contribution is 0.139. The van der Waals surface area contributed by atoms with E-state index in [4.69, 9.17) is 0 Å². The molecule has 24 heavy (non-hydrogen) atoms. The molecule has 2 aliphatic heterocycles. The number of carbonyl (C=O) groups is 1. The number of amides is 2. The summed E-state index contributed by atoms with van der Waals surface area (Å²) in [5.74, 6) is 0.142. The number of urea groups is 1. The van der Waals surface area contributed by atoms with Crippen molar-refractivity contribution in [1.82, 2.24) is 9.47 Å². The number of nitrogens with zero attached hydrogens (tertiary/aromatic N) is 2. The molecule has 2 atom stereocenters. The number of carbonyl (C=O) groups excluding carboxylic acids is 1. The number of benzene rings is 1. The summed E-state index contributed by atoms with van der Waals surface area (Å²) in [6, 6.07) is 10.9. The van der Waals surface area contributed by atoms with Crippen molar-refractivity contribution in [3.8, 4) is 0 Å². The van der Waals surface area contributed by atoms with Crippen LogP contribution in [-0.2, 0) is 6.54 Å². The molecule has 124 valence electrons. The number of halogens is 1. The number of likely N-dealkylation sites (tertiary alicyclic amines) is 1. The highest BCUT2D eigenvalue weighted by Crippen LogP contribution is 2.35. The molecule has 0 radical (unpaired) electrons. The van der Waals surface area contributed by atoms with Crippen LogP contribution < -0.4 is 10.9 Å². The van der Waals surface area contributed by atoms with Crippen LogP contribution in [0.1, 0.15) is 18.0 Å². The van der Waals surface area contributed by atoms with Crippen molar-refractivity contribution < 1.29 is 9.18 Å². The summed E-state index contributed by atoms with van der Waals surface area (Å²) in [6.07, 6.45) is 1.00. The zero-order valence-corrected chi connectivity index (χ0v) is 13.1. The molecule has 0 saturated carbocycles. The Morgan fingerprint density at radius 1 is 1.08 bits per heavy atom. The highest BCUT2D eigenvalue weighted by atomic mass is 19.1. The normalized spacial score (nSPS) is 22.0. The van der Waals surface area contributed by atoms with Gasteiger partial charge in [-0.1, -0.05) is 6.07 Å². The lowest BCUT2D eigenvalue weighted by atomic mass is 9.83. The molecule has 2 aliphatic rings. The zero-order valence-electron chi connectivity index (χ0n) is 13.1. The molecular formula is C18H18FN3O2. The van der Waals surface area contributed by atoms with Gasteiger partial charge in [0.2, 0.25) is 0 Å². The van der Waals surface area contributed by atoms with Gasteiger partial charge in [-0.15, -0.1) is 0 Å². The smallest absolute Gasteiger partial charge is 0.321 e. The predicted molar refractivity (Wildman–Crippen MR) is 88.5 cm³/mol. The van der Waals surface area contributed by atoms with Gasteiger partial charge in [-0.2, -0.15) is 0 Å². The number of rotatable bonds is 1. The lowest BCUT2D eigenvalue weighted by Crippen LogP contribution is -2.50. The first-order chi connectivity index (χ1) is 11.6. The van der Waals surface area contributed by atoms with E-state index >= 15 is 0 Å². The molecule has 0 spiro atoms. The third kappa shape index (κ3) is 2.68. The number of pyridine rings is 1. The fourth-order valence-corrected chi connectivity index (χ4v) is 3.80. The van der Waals surface area contributed by atoms with Gasteiger partial charge >= 0.3 is 6.03 Å². The summed E-state index contributed by atoms with van der Waals surface area (Å²) in [6.45, 7) is 1.88. The van der Waals surface area contributed by atoms with E-state index in [0.29, 0.717) is 25.3 Å². The molecule has 1 saturated heterocycles. The summed E-state index contributed by atoms with van der Waals surface area (Å²) < 4.78 is 14.8. The van der Waals surface area contributed by atoms with Crippen LogP contribution in [0.5, 0.6) is 0 Å². The Kier molecular flexibility index (Phi) is 3.59. The number of hydrogen-bond donors (Lipinski definition) is 1. The molecule has 1 N–H and O–H groups in total. The number of anilines is 1. The Morgan fingerprint density at radius 2 is 1.88 bits per heavy atom. The third-order valence-electron chi connectivity index (χ3n) is 4.86. The van der Waals surface area contributed by atoms with Crippen LogP contribution in [0.15, 0.2) is 47.3 Å². The number of hydrogen-bond acceptors (Lipinski definition) is 2. The van der Waals surface area contributed by atoms with Crippen LogP contribution in [0.2, 0.25) is 0 Å². The average molecular weight is 327 g/mol. The van der Waals surface area contributed by atoms with E-state index < -0.39 is 0 Å². The molecule has 1 aromatic heterocycles. The summed E-state index contributed by atoms with van der Waals surface area (Å²) in [5.41, 5.74) is 1.62. The van der Waals surface area contributed by atoms with E-state index in [1.165, 1.54) is 12.1 Å². The number of aromatic nitrogens is 1. The van der Waals surface area contributed by atoms with Crippen molar-refractivity contribution in [3.63, 3.8) is 0 Å². The minimum absolute atomic E-state index is 0.0337. The first-order valence-corrected chi connectivity index (χ1v) is 8.11. The van der Waals surface area contributed by atoms with Crippen molar-refractivity contribution in [3.05, 3.63) is 64.3 Å². The second kappa shape index (κ2) is 5.78. The van der Waals surface area contributed by atoms with Crippen LogP contribution in [-0.4, -0.2) is 28.6 Å². The van der Waals surface area contributed by atoms with Crippen molar-refractivity contribution in [2.45, 2.75) is 18.9 Å². The quantitative estimate of drug-likeness (QED) is 0.875. The van der Waals surface area contributed by atoms with E-state index in [0.717, 1.165) is 12.1 Å². The van der Waals surface area contributed by atoms with Gasteiger partial charge in [-0.25, -0.2) is 9.18 Å². The van der Waals surface area contributed by atoms with Crippen LogP contribution >= 0.6 is 0 Å². The second-order valence-corrected chi connectivity index (χ2v) is 6.54. The Bertz CT molecular complexity index is 831. The first kappa shape index (κ1) is 14.9. The molecule has 0 aliphatic carbocycles. The van der Waals surface area contributed by atoms with E-state index in [1.807, 2.05) is 10.6 Å². The molecule has 4 rings (SSSR count). The van der Waals surface area contributed by atoms with E-state index in [9.17, 15) is 14.0 Å². The Hall–Kier alpha value is -2.63. The van der Waals surface area contributed by atoms with Crippen molar-refractivity contribution in [2.24, 2.45) is 5.92 Å². The Balaban J connectivity index is 1.52. The first-order valence-electron chi connectivity index (χ1n) is 8.11. The fourth-order valence-electron chi connectivity index (χ4n) is 3.80.